The third-order valence-corrected chi connectivity index (χ3v) is 4.67. The Bertz CT molecular complexity index is 537. The first-order chi connectivity index (χ1) is 11.3. The Kier molecular flexibility index (Phi) is 5.76. The number of rotatable bonds is 6. The Hall–Kier alpha value is -2.16. The van der Waals surface area contributed by atoms with Crippen molar-refractivity contribution in [3.8, 4) is 0 Å². The number of hydrogen-bond donors (Lipinski definition) is 3. The summed E-state index contributed by atoms with van der Waals surface area (Å²) >= 11 is 0. The molecule has 2 aliphatic heterocycles. The van der Waals surface area contributed by atoms with Crippen molar-refractivity contribution in [1.82, 2.24) is 9.80 Å². The second kappa shape index (κ2) is 7.61. The smallest absolute Gasteiger partial charge is 0.326 e. The van der Waals surface area contributed by atoms with E-state index in [2.05, 4.69) is 0 Å². The quantitative estimate of drug-likeness (QED) is 0.577. The maximum absolute atomic E-state index is 12.7. The Morgan fingerprint density at radius 1 is 1.00 bits per heavy atom. The summed E-state index contributed by atoms with van der Waals surface area (Å²) in [6.07, 6.45) is 2.19. The molecule has 0 spiro atoms. The van der Waals surface area contributed by atoms with Gasteiger partial charge in [-0.25, -0.2) is 4.79 Å². The average molecular weight is 341 g/mol. The van der Waals surface area contributed by atoms with Crippen molar-refractivity contribution < 1.29 is 29.4 Å². The van der Waals surface area contributed by atoms with Gasteiger partial charge in [0.15, 0.2) is 0 Å². The van der Waals surface area contributed by atoms with E-state index in [9.17, 15) is 24.3 Å². The van der Waals surface area contributed by atoms with Crippen LogP contribution < -0.4 is 5.73 Å². The second-order valence-corrected chi connectivity index (χ2v) is 6.26. The molecule has 4 N–H and O–H groups in total. The highest BCUT2D eigenvalue weighted by molar-refractivity contribution is 5.91. The van der Waals surface area contributed by atoms with Crippen molar-refractivity contribution in [3.63, 3.8) is 0 Å². The summed E-state index contributed by atoms with van der Waals surface area (Å²) in [7, 11) is 0. The third-order valence-electron chi connectivity index (χ3n) is 4.67. The van der Waals surface area contributed by atoms with Crippen LogP contribution in [0, 0.1) is 0 Å². The van der Waals surface area contributed by atoms with Gasteiger partial charge in [0.25, 0.3) is 0 Å². The molecule has 0 radical (unpaired) electrons. The van der Waals surface area contributed by atoms with E-state index in [1.165, 1.54) is 9.80 Å². The standard InChI is InChI=1S/C15H23N3O6/c16-9(14(21)22)5-6-12(19)17-7-1-3-10(17)13(20)18-8-2-4-11(18)15(23)24/h9-11H,1-8,16H2,(H,21,22)(H,23,24)/t9-,10-,11+/m1/s1. The normalized spacial score (nSPS) is 24.9. The lowest BCUT2D eigenvalue weighted by Crippen LogP contribution is -2.51. The van der Waals surface area contributed by atoms with Crippen LogP contribution in [0.25, 0.3) is 0 Å². The van der Waals surface area contributed by atoms with Gasteiger partial charge in [0, 0.05) is 19.5 Å². The number of carbonyl (C=O) groups is 4. The molecule has 0 aliphatic carbocycles. The van der Waals surface area contributed by atoms with Crippen LogP contribution in [0.5, 0.6) is 0 Å². The van der Waals surface area contributed by atoms with Crippen molar-refractivity contribution in [1.29, 1.82) is 0 Å². The van der Waals surface area contributed by atoms with Crippen LogP contribution in [0.15, 0.2) is 0 Å². The number of nitrogens with zero attached hydrogens (tertiary/aromatic N) is 2. The predicted molar refractivity (Wildman–Crippen MR) is 82.0 cm³/mol. The Morgan fingerprint density at radius 3 is 2.17 bits per heavy atom. The van der Waals surface area contributed by atoms with Gasteiger partial charge in [-0.1, -0.05) is 0 Å². The van der Waals surface area contributed by atoms with E-state index in [1.54, 1.807) is 0 Å². The van der Waals surface area contributed by atoms with Gasteiger partial charge in [-0.2, -0.15) is 0 Å². The number of nitrogens with two attached hydrogens (primary N) is 1. The van der Waals surface area contributed by atoms with Gasteiger partial charge in [0.05, 0.1) is 0 Å². The molecular weight excluding hydrogens is 318 g/mol. The van der Waals surface area contributed by atoms with Crippen molar-refractivity contribution >= 4 is 23.8 Å². The van der Waals surface area contributed by atoms with Gasteiger partial charge >= 0.3 is 11.9 Å². The van der Waals surface area contributed by atoms with Gasteiger partial charge < -0.3 is 25.7 Å². The summed E-state index contributed by atoms with van der Waals surface area (Å²) < 4.78 is 0. The second-order valence-electron chi connectivity index (χ2n) is 6.26. The van der Waals surface area contributed by atoms with E-state index < -0.39 is 30.1 Å². The summed E-state index contributed by atoms with van der Waals surface area (Å²) in [4.78, 5) is 49.7. The zero-order chi connectivity index (χ0) is 17.9. The van der Waals surface area contributed by atoms with Gasteiger partial charge in [-0.15, -0.1) is 0 Å². The van der Waals surface area contributed by atoms with Gasteiger partial charge in [-0.3, -0.25) is 14.4 Å². The third kappa shape index (κ3) is 3.84. The SMILES string of the molecule is N[C@H](CCC(=O)N1CCC[C@@H]1C(=O)N1CCC[C@H]1C(=O)O)C(=O)O. The molecule has 9 heteroatoms. The molecule has 0 bridgehead atoms. The van der Waals surface area contributed by atoms with Crippen LogP contribution >= 0.6 is 0 Å². The summed E-state index contributed by atoms with van der Waals surface area (Å²) in [6.45, 7) is 0.807. The highest BCUT2D eigenvalue weighted by atomic mass is 16.4. The van der Waals surface area contributed by atoms with Crippen molar-refractivity contribution in [2.24, 2.45) is 5.73 Å². The van der Waals surface area contributed by atoms with Crippen LogP contribution in [-0.2, 0) is 19.2 Å². The van der Waals surface area contributed by atoms with Gasteiger partial charge in [0.1, 0.15) is 18.1 Å². The number of carboxylic acids is 2. The molecule has 0 aromatic rings. The molecule has 2 fully saturated rings. The summed E-state index contributed by atoms with van der Waals surface area (Å²) in [5.41, 5.74) is 5.40. The van der Waals surface area contributed by atoms with Crippen molar-refractivity contribution in [3.05, 3.63) is 0 Å². The number of likely N-dealkylation sites (tertiary alicyclic amines) is 2. The monoisotopic (exact) mass is 341 g/mol. The van der Waals surface area contributed by atoms with E-state index in [1.807, 2.05) is 0 Å². The molecule has 0 saturated carbocycles. The molecule has 9 nitrogen and oxygen atoms in total. The molecule has 3 atom stereocenters. The number of aliphatic carboxylic acids is 2. The minimum atomic E-state index is -1.17. The number of carboxylic acid groups (broad SMARTS) is 2. The van der Waals surface area contributed by atoms with E-state index in [-0.39, 0.29) is 24.7 Å². The molecule has 2 saturated heterocycles. The first-order valence-electron chi connectivity index (χ1n) is 8.14. The number of carbonyl (C=O) groups excluding carboxylic acids is 2. The molecule has 0 aromatic heterocycles. The average Bonchev–Trinajstić information content (AvgIpc) is 3.19. The minimum Gasteiger partial charge on any atom is -0.480 e. The molecule has 2 rings (SSSR count). The number of amides is 2. The van der Waals surface area contributed by atoms with E-state index in [0.717, 1.165) is 0 Å². The van der Waals surface area contributed by atoms with Crippen LogP contribution in [-0.4, -0.2) is 75.0 Å². The Morgan fingerprint density at radius 2 is 1.58 bits per heavy atom. The zero-order valence-electron chi connectivity index (χ0n) is 13.4. The molecular formula is C15H23N3O6. The van der Waals surface area contributed by atoms with Crippen LogP contribution in [0.3, 0.4) is 0 Å². The highest BCUT2D eigenvalue weighted by Crippen LogP contribution is 2.25. The fourth-order valence-electron chi connectivity index (χ4n) is 3.35. The molecule has 2 aliphatic rings. The van der Waals surface area contributed by atoms with Crippen molar-refractivity contribution in [2.45, 2.75) is 56.7 Å². The van der Waals surface area contributed by atoms with E-state index in [4.69, 9.17) is 10.8 Å². The maximum atomic E-state index is 12.7. The van der Waals surface area contributed by atoms with Crippen LogP contribution in [0.2, 0.25) is 0 Å². The largest absolute Gasteiger partial charge is 0.480 e. The van der Waals surface area contributed by atoms with E-state index >= 15 is 0 Å². The van der Waals surface area contributed by atoms with Gasteiger partial charge in [-0.05, 0) is 32.1 Å². The lowest BCUT2D eigenvalue weighted by atomic mass is 10.1. The molecule has 2 amide bonds. The van der Waals surface area contributed by atoms with Crippen LogP contribution in [0.1, 0.15) is 38.5 Å². The van der Waals surface area contributed by atoms with Crippen molar-refractivity contribution in [2.75, 3.05) is 13.1 Å². The fourth-order valence-corrected chi connectivity index (χ4v) is 3.35. The zero-order valence-corrected chi connectivity index (χ0v) is 13.4. The Labute approximate surface area is 139 Å². The summed E-state index contributed by atoms with van der Waals surface area (Å²) in [5.74, 6) is -2.83. The van der Waals surface area contributed by atoms with Gasteiger partial charge in [0.2, 0.25) is 11.8 Å². The first-order valence-corrected chi connectivity index (χ1v) is 8.14. The maximum Gasteiger partial charge on any atom is 0.326 e. The van der Waals surface area contributed by atoms with E-state index in [0.29, 0.717) is 38.8 Å². The lowest BCUT2D eigenvalue weighted by Gasteiger charge is -2.30. The molecule has 24 heavy (non-hydrogen) atoms. The molecule has 134 valence electrons. The topological polar surface area (TPSA) is 141 Å². The highest BCUT2D eigenvalue weighted by Gasteiger charge is 2.41. The predicted octanol–water partition coefficient (Wildman–Crippen LogP) is -0.755. The summed E-state index contributed by atoms with van der Waals surface area (Å²) in [5, 5.41) is 18.0. The molecule has 0 unspecified atom stereocenters. The Balaban J connectivity index is 1.99. The molecule has 0 aromatic carbocycles. The molecule has 2 heterocycles. The van der Waals surface area contributed by atoms with Crippen LogP contribution in [0.4, 0.5) is 0 Å². The number of hydrogen-bond acceptors (Lipinski definition) is 5. The fraction of sp³-hybridized carbons (Fsp3) is 0.733. The lowest BCUT2D eigenvalue weighted by molar-refractivity contribution is -0.151. The summed E-state index contributed by atoms with van der Waals surface area (Å²) in [6, 6.07) is -2.59. The first kappa shape index (κ1) is 18.2. The minimum absolute atomic E-state index is 0.00699.